The summed E-state index contributed by atoms with van der Waals surface area (Å²) in [5.74, 6) is 0.957. The number of hydrogen-bond donors (Lipinski definition) is 2. The maximum absolute atomic E-state index is 14.1. The fourth-order valence-corrected chi connectivity index (χ4v) is 7.23. The number of nitrogens with zero attached hydrogens (tertiary/aromatic N) is 2. The number of aliphatic hydroxyl groups excluding tert-OH is 1. The minimum atomic E-state index is -0.598. The lowest BCUT2D eigenvalue weighted by Gasteiger charge is -2.33. The van der Waals surface area contributed by atoms with Crippen molar-refractivity contribution in [3.05, 3.63) is 64.7 Å². The molecule has 2 aromatic carbocycles. The lowest BCUT2D eigenvalue weighted by molar-refractivity contribution is -0.124. The van der Waals surface area contributed by atoms with E-state index in [2.05, 4.69) is 66.5 Å². The van der Waals surface area contributed by atoms with Gasteiger partial charge in [0.05, 0.1) is 18.1 Å². The molecule has 2 aliphatic heterocycles. The van der Waals surface area contributed by atoms with Crippen LogP contribution in [0.4, 0.5) is 5.69 Å². The van der Waals surface area contributed by atoms with Crippen LogP contribution in [0.5, 0.6) is 0 Å². The van der Waals surface area contributed by atoms with Crippen molar-refractivity contribution >= 4 is 11.6 Å². The Morgan fingerprint density at radius 1 is 1.00 bits per heavy atom. The van der Waals surface area contributed by atoms with Gasteiger partial charge in [-0.15, -0.1) is 0 Å². The average molecular weight is 532 g/mol. The maximum atomic E-state index is 14.1. The molecule has 1 atom stereocenters. The monoisotopic (exact) mass is 531 g/mol. The highest BCUT2D eigenvalue weighted by Crippen LogP contribution is 2.47. The summed E-state index contributed by atoms with van der Waals surface area (Å²) >= 11 is 0. The summed E-state index contributed by atoms with van der Waals surface area (Å²) in [4.78, 5) is 18.3. The molecule has 212 valence electrons. The Labute approximate surface area is 236 Å². The van der Waals surface area contributed by atoms with E-state index >= 15 is 0 Å². The summed E-state index contributed by atoms with van der Waals surface area (Å²) < 4.78 is 0. The Balaban J connectivity index is 1.32. The summed E-state index contributed by atoms with van der Waals surface area (Å²) in [6.07, 6.45) is 11.7. The number of nitrogens with one attached hydrogen (secondary N) is 1. The third kappa shape index (κ3) is 6.58. The predicted octanol–water partition coefficient (Wildman–Crippen LogP) is 5.75. The van der Waals surface area contributed by atoms with E-state index in [9.17, 15) is 9.90 Å². The highest BCUT2D eigenvalue weighted by molar-refractivity contribution is 6.08. The highest BCUT2D eigenvalue weighted by atomic mass is 16.3. The molecule has 0 aromatic heterocycles. The van der Waals surface area contributed by atoms with Crippen molar-refractivity contribution in [1.82, 2.24) is 10.2 Å². The number of likely N-dealkylation sites (N-methyl/N-ethyl adjacent to an activating group) is 1. The zero-order chi connectivity index (χ0) is 27.2. The SMILES string of the molecule is CCN(Cc1ccc(C)cc1)CC(O)CN1C(=O)C2(CCNCC2)c2cc(CC3CCCCCCC3)ccc21. The molecule has 2 N–H and O–H groups in total. The first-order chi connectivity index (χ1) is 19.0. The second-order valence-corrected chi connectivity index (χ2v) is 12.5. The first-order valence-corrected chi connectivity index (χ1v) is 15.6. The van der Waals surface area contributed by atoms with Gasteiger partial charge >= 0.3 is 0 Å². The average Bonchev–Trinajstić information content (AvgIpc) is 3.13. The molecule has 1 amide bonds. The van der Waals surface area contributed by atoms with Crippen molar-refractivity contribution in [2.24, 2.45) is 5.92 Å². The van der Waals surface area contributed by atoms with Crippen molar-refractivity contribution in [3.8, 4) is 0 Å². The zero-order valence-corrected chi connectivity index (χ0v) is 24.3. The number of β-amino-alcohol motifs (C(OH)–C–C–N with tert-alkyl or cyclic N) is 1. The highest BCUT2D eigenvalue weighted by Gasteiger charge is 2.51. The van der Waals surface area contributed by atoms with Gasteiger partial charge in [0.2, 0.25) is 5.91 Å². The van der Waals surface area contributed by atoms with Gasteiger partial charge < -0.3 is 15.3 Å². The van der Waals surface area contributed by atoms with Crippen LogP contribution in [-0.2, 0) is 23.2 Å². The van der Waals surface area contributed by atoms with Crippen LogP contribution in [-0.4, -0.2) is 54.7 Å². The van der Waals surface area contributed by atoms with E-state index in [1.807, 2.05) is 4.90 Å². The lowest BCUT2D eigenvalue weighted by atomic mass is 9.73. The summed E-state index contributed by atoms with van der Waals surface area (Å²) in [7, 11) is 0. The van der Waals surface area contributed by atoms with Crippen molar-refractivity contribution < 1.29 is 9.90 Å². The van der Waals surface area contributed by atoms with Gasteiger partial charge in [-0.1, -0.05) is 93.8 Å². The molecule has 5 heteroatoms. The number of hydrogen-bond acceptors (Lipinski definition) is 4. The minimum Gasteiger partial charge on any atom is -0.390 e. The van der Waals surface area contributed by atoms with Crippen LogP contribution in [0.2, 0.25) is 0 Å². The Morgan fingerprint density at radius 2 is 1.67 bits per heavy atom. The second kappa shape index (κ2) is 13.0. The fraction of sp³-hybridized carbons (Fsp3) is 0.618. The number of aryl methyl sites for hydroxylation is 1. The molecule has 2 fully saturated rings. The van der Waals surface area contributed by atoms with Gasteiger partial charge in [-0.3, -0.25) is 9.69 Å². The number of piperidine rings is 1. The van der Waals surface area contributed by atoms with E-state index < -0.39 is 11.5 Å². The number of rotatable bonds is 9. The quantitative estimate of drug-likeness (QED) is 0.433. The van der Waals surface area contributed by atoms with Gasteiger partial charge in [0.15, 0.2) is 0 Å². The third-order valence-corrected chi connectivity index (χ3v) is 9.56. The summed E-state index contributed by atoms with van der Waals surface area (Å²) in [5, 5.41) is 14.7. The number of fused-ring (bicyclic) bond motifs is 2. The van der Waals surface area contributed by atoms with E-state index in [1.165, 1.54) is 67.2 Å². The molecule has 5 nitrogen and oxygen atoms in total. The topological polar surface area (TPSA) is 55.8 Å². The van der Waals surface area contributed by atoms with E-state index in [0.717, 1.165) is 57.0 Å². The largest absolute Gasteiger partial charge is 0.390 e. The lowest BCUT2D eigenvalue weighted by Crippen LogP contribution is -2.49. The van der Waals surface area contributed by atoms with Crippen LogP contribution in [0.15, 0.2) is 42.5 Å². The van der Waals surface area contributed by atoms with Crippen LogP contribution in [0.25, 0.3) is 0 Å². The molecule has 1 spiro atoms. The van der Waals surface area contributed by atoms with Crippen molar-refractivity contribution in [2.75, 3.05) is 37.6 Å². The van der Waals surface area contributed by atoms with Crippen LogP contribution in [0.3, 0.4) is 0 Å². The van der Waals surface area contributed by atoms with Gasteiger partial charge in [0.25, 0.3) is 0 Å². The molecular weight excluding hydrogens is 482 g/mol. The molecular formula is C34H49N3O2. The number of benzene rings is 2. The molecule has 2 heterocycles. The van der Waals surface area contributed by atoms with Gasteiger partial charge in [0, 0.05) is 18.8 Å². The smallest absolute Gasteiger partial charge is 0.237 e. The normalized spacial score (nSPS) is 20.7. The Kier molecular flexibility index (Phi) is 9.42. The molecule has 39 heavy (non-hydrogen) atoms. The fourth-order valence-electron chi connectivity index (χ4n) is 7.23. The van der Waals surface area contributed by atoms with E-state index in [4.69, 9.17) is 0 Å². The van der Waals surface area contributed by atoms with Gasteiger partial charge in [-0.25, -0.2) is 0 Å². The number of carbonyl (C=O) groups is 1. The summed E-state index contributed by atoms with van der Waals surface area (Å²) in [5.41, 5.74) is 5.71. The van der Waals surface area contributed by atoms with Crippen molar-refractivity contribution in [3.63, 3.8) is 0 Å². The van der Waals surface area contributed by atoms with Gasteiger partial charge in [0.1, 0.15) is 0 Å². The van der Waals surface area contributed by atoms with Crippen LogP contribution >= 0.6 is 0 Å². The van der Waals surface area contributed by atoms with Gasteiger partial charge in [-0.2, -0.15) is 0 Å². The Bertz CT molecular complexity index is 1080. The minimum absolute atomic E-state index is 0.197. The number of anilines is 1. The molecule has 2 aromatic rings. The van der Waals surface area contributed by atoms with E-state index in [-0.39, 0.29) is 5.91 Å². The Morgan fingerprint density at radius 3 is 2.36 bits per heavy atom. The molecule has 1 aliphatic carbocycles. The summed E-state index contributed by atoms with van der Waals surface area (Å²) in [6.45, 7) is 8.55. The molecule has 1 saturated heterocycles. The Hall–Kier alpha value is -2.21. The van der Waals surface area contributed by atoms with Crippen LogP contribution < -0.4 is 10.2 Å². The zero-order valence-electron chi connectivity index (χ0n) is 24.3. The molecule has 5 rings (SSSR count). The second-order valence-electron chi connectivity index (χ2n) is 12.5. The predicted molar refractivity (Wildman–Crippen MR) is 160 cm³/mol. The van der Waals surface area contributed by atoms with Crippen LogP contribution in [0.1, 0.15) is 87.0 Å². The third-order valence-electron chi connectivity index (χ3n) is 9.56. The first-order valence-electron chi connectivity index (χ1n) is 15.6. The van der Waals surface area contributed by atoms with Crippen molar-refractivity contribution in [1.29, 1.82) is 0 Å². The number of carbonyl (C=O) groups excluding carboxylic acids is 1. The van der Waals surface area contributed by atoms with E-state index in [0.29, 0.717) is 13.1 Å². The molecule has 0 bridgehead atoms. The number of aliphatic hydroxyl groups is 1. The standard InChI is InChI=1S/C34H49N3O2/c1-3-36(23-28-13-11-26(2)12-14-28)24-30(38)25-37-32-16-15-29(21-27-9-7-5-4-6-8-10-27)22-31(32)34(33(37)39)17-19-35-20-18-34/h11-16,22,27,30,35,38H,3-10,17-21,23-25H2,1-2H3. The maximum Gasteiger partial charge on any atom is 0.237 e. The molecule has 3 aliphatic rings. The number of amides is 1. The molecule has 1 unspecified atom stereocenters. The molecule has 0 radical (unpaired) electrons. The molecule has 1 saturated carbocycles. The van der Waals surface area contributed by atoms with Gasteiger partial charge in [-0.05, 0) is 74.5 Å². The van der Waals surface area contributed by atoms with Crippen molar-refractivity contribution in [2.45, 2.75) is 96.1 Å². The summed E-state index contributed by atoms with van der Waals surface area (Å²) in [6, 6.07) is 15.4. The van der Waals surface area contributed by atoms with Crippen LogP contribution in [0, 0.1) is 12.8 Å². The first kappa shape index (κ1) is 28.3. The van der Waals surface area contributed by atoms with E-state index in [1.54, 1.807) is 0 Å².